The van der Waals surface area contributed by atoms with Crippen LogP contribution >= 0.6 is 27.5 Å². The number of aryl methyl sites for hydroxylation is 2. The minimum atomic E-state index is -0.483. The summed E-state index contributed by atoms with van der Waals surface area (Å²) in [5.41, 5.74) is 5.30. The van der Waals surface area contributed by atoms with E-state index in [9.17, 15) is 10.1 Å². The zero-order valence-electron chi connectivity index (χ0n) is 18.0. The highest BCUT2D eigenvalue weighted by Crippen LogP contribution is 2.33. The second-order valence-electron chi connectivity index (χ2n) is 7.37. The van der Waals surface area contributed by atoms with Gasteiger partial charge in [0.05, 0.1) is 7.11 Å². The maximum atomic E-state index is 12.7. The van der Waals surface area contributed by atoms with Crippen molar-refractivity contribution in [2.45, 2.75) is 20.3 Å². The third-order valence-electron chi connectivity index (χ3n) is 5.16. The molecule has 0 unspecified atom stereocenters. The van der Waals surface area contributed by atoms with Gasteiger partial charge in [0.2, 0.25) is 0 Å². The van der Waals surface area contributed by atoms with Crippen LogP contribution in [0.15, 0.2) is 64.6 Å². The summed E-state index contributed by atoms with van der Waals surface area (Å²) in [5, 5.41) is 12.8. The van der Waals surface area contributed by atoms with Crippen molar-refractivity contribution in [3.8, 4) is 11.8 Å². The average Bonchev–Trinajstić information content (AvgIpc) is 2.77. The largest absolute Gasteiger partial charge is 0.496 e. The molecule has 0 aromatic heterocycles. The molecule has 3 aromatic rings. The smallest absolute Gasteiger partial charge is 0.266 e. The fourth-order valence-electron chi connectivity index (χ4n) is 3.23. The van der Waals surface area contributed by atoms with E-state index < -0.39 is 5.91 Å². The van der Waals surface area contributed by atoms with Crippen LogP contribution in [0, 0.1) is 25.2 Å². The Hall–Kier alpha value is -3.07. The number of carbonyl (C=O) groups is 1. The van der Waals surface area contributed by atoms with Crippen molar-refractivity contribution in [2.24, 2.45) is 0 Å². The van der Waals surface area contributed by atoms with Gasteiger partial charge in [-0.15, -0.1) is 0 Å². The number of hydrogen-bond donors (Lipinski definition) is 1. The van der Waals surface area contributed by atoms with E-state index in [4.69, 9.17) is 16.3 Å². The van der Waals surface area contributed by atoms with E-state index in [0.717, 1.165) is 26.7 Å². The fraction of sp³-hybridized carbons (Fsp3) is 0.154. The van der Waals surface area contributed by atoms with E-state index >= 15 is 0 Å². The first-order chi connectivity index (χ1) is 15.3. The SMILES string of the molecule is COc1cc(/C=C(\C#N)C(=O)Nc2ccc(C)c(C)c2)cc(Cl)c1Cc1ccccc1Br. The summed E-state index contributed by atoms with van der Waals surface area (Å²) in [6.45, 7) is 3.97. The van der Waals surface area contributed by atoms with Crippen LogP contribution in [0.25, 0.3) is 6.08 Å². The van der Waals surface area contributed by atoms with Crippen LogP contribution in [0.3, 0.4) is 0 Å². The van der Waals surface area contributed by atoms with E-state index in [1.165, 1.54) is 6.08 Å². The summed E-state index contributed by atoms with van der Waals surface area (Å²) in [4.78, 5) is 12.7. The summed E-state index contributed by atoms with van der Waals surface area (Å²) >= 11 is 10.1. The summed E-state index contributed by atoms with van der Waals surface area (Å²) in [6, 6.07) is 19.0. The van der Waals surface area contributed by atoms with Gasteiger partial charge < -0.3 is 10.1 Å². The molecule has 0 bridgehead atoms. The highest BCUT2D eigenvalue weighted by atomic mass is 79.9. The Labute approximate surface area is 201 Å². The lowest BCUT2D eigenvalue weighted by Crippen LogP contribution is -2.13. The van der Waals surface area contributed by atoms with E-state index in [-0.39, 0.29) is 5.57 Å². The molecule has 1 amide bonds. The summed E-state index contributed by atoms with van der Waals surface area (Å²) in [5.74, 6) is 0.106. The first-order valence-electron chi connectivity index (χ1n) is 9.92. The molecule has 0 aliphatic heterocycles. The van der Waals surface area contributed by atoms with Gasteiger partial charge in [-0.1, -0.05) is 51.8 Å². The van der Waals surface area contributed by atoms with Crippen LogP contribution in [0.2, 0.25) is 5.02 Å². The molecule has 3 aromatic carbocycles. The Morgan fingerprint density at radius 1 is 1.16 bits per heavy atom. The number of benzene rings is 3. The number of anilines is 1. The van der Waals surface area contributed by atoms with Crippen molar-refractivity contribution in [3.63, 3.8) is 0 Å². The van der Waals surface area contributed by atoms with Crippen LogP contribution < -0.4 is 10.1 Å². The molecule has 32 heavy (non-hydrogen) atoms. The summed E-state index contributed by atoms with van der Waals surface area (Å²) in [6.07, 6.45) is 2.08. The number of hydrogen-bond acceptors (Lipinski definition) is 3. The topological polar surface area (TPSA) is 62.1 Å². The summed E-state index contributed by atoms with van der Waals surface area (Å²) in [7, 11) is 1.57. The Morgan fingerprint density at radius 3 is 2.56 bits per heavy atom. The van der Waals surface area contributed by atoms with Crippen molar-refractivity contribution in [3.05, 3.63) is 97.5 Å². The number of halogens is 2. The number of amides is 1. The molecule has 0 radical (unpaired) electrons. The van der Waals surface area contributed by atoms with Gasteiger partial charge >= 0.3 is 0 Å². The van der Waals surface area contributed by atoms with Gasteiger partial charge in [-0.2, -0.15) is 5.26 Å². The van der Waals surface area contributed by atoms with Gasteiger partial charge in [0.15, 0.2) is 0 Å². The molecule has 0 saturated heterocycles. The van der Waals surface area contributed by atoms with Crippen molar-refractivity contribution in [2.75, 3.05) is 12.4 Å². The Balaban J connectivity index is 1.89. The maximum Gasteiger partial charge on any atom is 0.266 e. The van der Waals surface area contributed by atoms with Crippen LogP contribution in [-0.4, -0.2) is 13.0 Å². The number of methoxy groups -OCH3 is 1. The predicted octanol–water partition coefficient (Wildman–Crippen LogP) is 6.86. The molecule has 0 aliphatic carbocycles. The lowest BCUT2D eigenvalue weighted by molar-refractivity contribution is -0.112. The van der Waals surface area contributed by atoms with E-state index in [0.29, 0.717) is 28.4 Å². The third kappa shape index (κ3) is 5.59. The van der Waals surface area contributed by atoms with Gasteiger partial charge in [0.25, 0.3) is 5.91 Å². The molecule has 1 N–H and O–H groups in total. The van der Waals surface area contributed by atoms with Gasteiger partial charge in [-0.3, -0.25) is 4.79 Å². The number of nitriles is 1. The van der Waals surface area contributed by atoms with Crippen LogP contribution in [-0.2, 0) is 11.2 Å². The van der Waals surface area contributed by atoms with Gasteiger partial charge in [0.1, 0.15) is 17.4 Å². The molecular formula is C26H22BrClN2O2. The highest BCUT2D eigenvalue weighted by molar-refractivity contribution is 9.10. The molecule has 0 fully saturated rings. The van der Waals surface area contributed by atoms with Gasteiger partial charge in [-0.05, 0) is 72.5 Å². The van der Waals surface area contributed by atoms with Crippen molar-refractivity contribution in [1.29, 1.82) is 5.26 Å². The van der Waals surface area contributed by atoms with Crippen molar-refractivity contribution < 1.29 is 9.53 Å². The van der Waals surface area contributed by atoms with Crippen LogP contribution in [0.5, 0.6) is 5.75 Å². The van der Waals surface area contributed by atoms with E-state index in [2.05, 4.69) is 21.2 Å². The first kappa shape index (κ1) is 23.6. The molecule has 0 spiro atoms. The standard InChI is InChI=1S/C26H22BrClN2O2/c1-16-8-9-21(10-17(16)2)30-26(31)20(15-29)11-18-12-24(28)22(25(13-18)32-3)14-19-6-4-5-7-23(19)27/h4-13H,14H2,1-3H3,(H,30,31)/b20-11+. The molecule has 0 aliphatic rings. The first-order valence-corrected chi connectivity index (χ1v) is 11.1. The molecule has 0 saturated carbocycles. The van der Waals surface area contributed by atoms with Crippen molar-refractivity contribution in [1.82, 2.24) is 0 Å². The molecule has 3 rings (SSSR count). The quantitative estimate of drug-likeness (QED) is 0.291. The minimum Gasteiger partial charge on any atom is -0.496 e. The van der Waals surface area contributed by atoms with E-state index in [1.54, 1.807) is 19.2 Å². The molecule has 0 heterocycles. The molecule has 0 atom stereocenters. The minimum absolute atomic E-state index is 0.0279. The second kappa shape index (κ2) is 10.5. The van der Waals surface area contributed by atoms with Gasteiger partial charge in [-0.25, -0.2) is 0 Å². The van der Waals surface area contributed by atoms with Gasteiger partial charge in [0, 0.05) is 27.2 Å². The average molecular weight is 510 g/mol. The van der Waals surface area contributed by atoms with Crippen molar-refractivity contribution >= 4 is 45.2 Å². The maximum absolute atomic E-state index is 12.7. The predicted molar refractivity (Wildman–Crippen MR) is 133 cm³/mol. The lowest BCUT2D eigenvalue weighted by Gasteiger charge is -2.13. The number of rotatable bonds is 6. The monoisotopic (exact) mass is 508 g/mol. The fourth-order valence-corrected chi connectivity index (χ4v) is 3.94. The second-order valence-corrected chi connectivity index (χ2v) is 8.64. The molecule has 162 valence electrons. The zero-order valence-corrected chi connectivity index (χ0v) is 20.3. The number of nitrogens with one attached hydrogen (secondary N) is 1. The molecular weight excluding hydrogens is 488 g/mol. The number of ether oxygens (including phenoxy) is 1. The number of carbonyl (C=O) groups excluding carboxylic acids is 1. The van der Waals surface area contributed by atoms with E-state index in [1.807, 2.05) is 62.4 Å². The molecule has 6 heteroatoms. The Morgan fingerprint density at radius 2 is 1.91 bits per heavy atom. The van der Waals surface area contributed by atoms with Crippen LogP contribution in [0.1, 0.15) is 27.8 Å². The third-order valence-corrected chi connectivity index (χ3v) is 6.27. The normalized spacial score (nSPS) is 11.1. The molecule has 4 nitrogen and oxygen atoms in total. The number of nitrogens with zero attached hydrogens (tertiary/aromatic N) is 1. The van der Waals surface area contributed by atoms with Crippen LogP contribution in [0.4, 0.5) is 5.69 Å². The highest BCUT2D eigenvalue weighted by Gasteiger charge is 2.15. The zero-order chi connectivity index (χ0) is 23.3. The lowest BCUT2D eigenvalue weighted by atomic mass is 10.0. The Kier molecular flexibility index (Phi) is 7.74. The Bertz CT molecular complexity index is 1250. The summed E-state index contributed by atoms with van der Waals surface area (Å²) < 4.78 is 6.55.